The number of anilines is 3. The average Bonchev–Trinajstić information content (AvgIpc) is 3.12. The molecule has 1 aliphatic heterocycles. The first-order valence-corrected chi connectivity index (χ1v) is 20.1. The third-order valence-corrected chi connectivity index (χ3v) is 15.1. The zero-order valence-corrected chi connectivity index (χ0v) is 30.9. The van der Waals surface area contributed by atoms with Crippen molar-refractivity contribution in [2.45, 2.75) is 98.7 Å². The lowest BCUT2D eigenvalue weighted by atomic mass is 9.42. The van der Waals surface area contributed by atoms with Gasteiger partial charge in [-0.25, -0.2) is 0 Å². The number of para-hydroxylation sites is 1. The predicted octanol–water partition coefficient (Wildman–Crippen LogP) is 13.4. The van der Waals surface area contributed by atoms with Crippen LogP contribution in [0, 0.1) is 23.7 Å². The van der Waals surface area contributed by atoms with Crippen molar-refractivity contribution in [1.82, 2.24) is 0 Å². The van der Waals surface area contributed by atoms with Crippen LogP contribution in [0.15, 0.2) is 125 Å². The standard InChI is InChI=1S/C48H49NS/c1-46(2)22-23-47(3,4)44-40(46)19-13-20-42(44)49(36-16-9-6-10-17-36)37-29-38(33-14-7-5-8-15-33)45-41(30-37)48(39-18-11-12-21-43(39)50-45)34-25-31-24-32(27-34)28-35(48)26-31/h5-21,29-32,34-35H,22-28H2,1-4H3. The molecule has 5 aliphatic carbocycles. The molecule has 252 valence electrons. The minimum atomic E-state index is 0.0594. The van der Waals surface area contributed by atoms with E-state index < -0.39 is 0 Å². The highest BCUT2D eigenvalue weighted by molar-refractivity contribution is 7.99. The SMILES string of the molecule is CC1(C)CCC(C)(C)c2c(N(c3ccccc3)c3cc(-c4ccccc4)c4c(c3)C3(c5ccccc5S4)C4CC5CC(C4)CC3C5)cccc21. The van der Waals surface area contributed by atoms with Crippen molar-refractivity contribution in [3.63, 3.8) is 0 Å². The summed E-state index contributed by atoms with van der Waals surface area (Å²) in [7, 11) is 0. The van der Waals surface area contributed by atoms with Gasteiger partial charge in [-0.2, -0.15) is 0 Å². The van der Waals surface area contributed by atoms with Gasteiger partial charge in [0, 0.05) is 26.6 Å². The van der Waals surface area contributed by atoms with Crippen LogP contribution in [0.5, 0.6) is 0 Å². The molecule has 4 fully saturated rings. The summed E-state index contributed by atoms with van der Waals surface area (Å²) < 4.78 is 0. The maximum absolute atomic E-state index is 2.69. The molecular formula is C48H49NS. The number of hydrogen-bond donors (Lipinski definition) is 0. The highest BCUT2D eigenvalue weighted by atomic mass is 32.2. The third-order valence-electron chi connectivity index (χ3n) is 13.9. The molecule has 5 aromatic rings. The molecule has 6 aliphatic rings. The molecular weight excluding hydrogens is 623 g/mol. The fourth-order valence-electron chi connectivity index (χ4n) is 11.8. The Balaban J connectivity index is 1.29. The molecule has 0 N–H and O–H groups in total. The van der Waals surface area contributed by atoms with Crippen LogP contribution in [0.25, 0.3) is 11.1 Å². The second-order valence-corrected chi connectivity index (χ2v) is 18.7. The highest BCUT2D eigenvalue weighted by Gasteiger charge is 2.61. The van der Waals surface area contributed by atoms with Crippen molar-refractivity contribution < 1.29 is 0 Å². The Bertz CT molecular complexity index is 2080. The van der Waals surface area contributed by atoms with Crippen LogP contribution in [-0.2, 0) is 16.2 Å². The van der Waals surface area contributed by atoms with E-state index in [0.717, 1.165) is 11.8 Å². The third kappa shape index (κ3) is 4.46. The summed E-state index contributed by atoms with van der Waals surface area (Å²) in [5.41, 5.74) is 13.1. The van der Waals surface area contributed by atoms with Crippen LogP contribution in [0.2, 0.25) is 0 Å². The molecule has 50 heavy (non-hydrogen) atoms. The van der Waals surface area contributed by atoms with Crippen molar-refractivity contribution in [2.75, 3.05) is 4.90 Å². The summed E-state index contributed by atoms with van der Waals surface area (Å²) in [5, 5.41) is 0. The zero-order valence-electron chi connectivity index (χ0n) is 30.1. The first-order chi connectivity index (χ1) is 24.2. The topological polar surface area (TPSA) is 3.24 Å². The molecule has 2 heteroatoms. The maximum atomic E-state index is 2.69. The van der Waals surface area contributed by atoms with E-state index in [2.05, 4.69) is 148 Å². The van der Waals surface area contributed by atoms with E-state index in [0.29, 0.717) is 11.8 Å². The molecule has 0 unspecified atom stereocenters. The van der Waals surface area contributed by atoms with Crippen LogP contribution in [0.1, 0.15) is 94.9 Å². The summed E-state index contributed by atoms with van der Waals surface area (Å²) in [5.74, 6) is 3.22. The largest absolute Gasteiger partial charge is 0.310 e. The lowest BCUT2D eigenvalue weighted by Gasteiger charge is -2.63. The molecule has 0 saturated heterocycles. The molecule has 4 bridgehead atoms. The number of benzene rings is 5. The average molecular weight is 672 g/mol. The Kier molecular flexibility index (Phi) is 6.90. The predicted molar refractivity (Wildman–Crippen MR) is 210 cm³/mol. The van der Waals surface area contributed by atoms with Gasteiger partial charge in [-0.15, -0.1) is 0 Å². The smallest absolute Gasteiger partial charge is 0.0502 e. The minimum absolute atomic E-state index is 0.0594. The van der Waals surface area contributed by atoms with Crippen molar-refractivity contribution in [2.24, 2.45) is 23.7 Å². The molecule has 0 atom stereocenters. The van der Waals surface area contributed by atoms with Crippen LogP contribution in [0.3, 0.4) is 0 Å². The Morgan fingerprint density at radius 1 is 0.560 bits per heavy atom. The van der Waals surface area contributed by atoms with Gasteiger partial charge in [0.25, 0.3) is 0 Å². The molecule has 0 amide bonds. The molecule has 1 nitrogen and oxygen atoms in total. The molecule has 1 spiro atoms. The molecule has 0 aromatic heterocycles. The molecule has 11 rings (SSSR count). The van der Waals surface area contributed by atoms with E-state index in [9.17, 15) is 0 Å². The van der Waals surface area contributed by atoms with E-state index in [1.807, 2.05) is 11.8 Å². The van der Waals surface area contributed by atoms with Gasteiger partial charge in [-0.1, -0.05) is 118 Å². The number of hydrogen-bond acceptors (Lipinski definition) is 2. The quantitative estimate of drug-likeness (QED) is 0.187. The number of nitrogens with zero attached hydrogens (tertiary/aromatic N) is 1. The van der Waals surface area contributed by atoms with Gasteiger partial charge in [0.15, 0.2) is 0 Å². The molecule has 4 saturated carbocycles. The lowest BCUT2D eigenvalue weighted by molar-refractivity contribution is -0.0443. The summed E-state index contributed by atoms with van der Waals surface area (Å²) in [6, 6.07) is 44.5. The van der Waals surface area contributed by atoms with Gasteiger partial charge in [-0.3, -0.25) is 0 Å². The second-order valence-electron chi connectivity index (χ2n) is 17.6. The summed E-state index contributed by atoms with van der Waals surface area (Å²) in [6.45, 7) is 9.87. The Morgan fingerprint density at radius 3 is 1.90 bits per heavy atom. The van der Waals surface area contributed by atoms with E-state index in [1.54, 1.807) is 11.1 Å². The van der Waals surface area contributed by atoms with Crippen LogP contribution in [-0.4, -0.2) is 0 Å². The fraction of sp³-hybridized carbons (Fsp3) is 0.375. The Morgan fingerprint density at radius 2 is 1.18 bits per heavy atom. The molecule has 5 aromatic carbocycles. The van der Waals surface area contributed by atoms with Gasteiger partial charge in [-0.05, 0) is 149 Å². The van der Waals surface area contributed by atoms with Crippen LogP contribution < -0.4 is 4.90 Å². The maximum Gasteiger partial charge on any atom is 0.0502 e. The Hall–Kier alpha value is -3.75. The van der Waals surface area contributed by atoms with Gasteiger partial charge in [0.2, 0.25) is 0 Å². The minimum Gasteiger partial charge on any atom is -0.310 e. The van der Waals surface area contributed by atoms with E-state index >= 15 is 0 Å². The highest BCUT2D eigenvalue weighted by Crippen LogP contribution is 2.70. The number of fused-ring (bicyclic) bond motifs is 3. The molecule has 1 heterocycles. The zero-order chi connectivity index (χ0) is 33.8. The summed E-state index contributed by atoms with van der Waals surface area (Å²) in [4.78, 5) is 5.62. The second kappa shape index (κ2) is 11.1. The van der Waals surface area contributed by atoms with E-state index in [1.165, 1.54) is 94.1 Å². The van der Waals surface area contributed by atoms with Crippen molar-refractivity contribution in [3.8, 4) is 11.1 Å². The Labute approximate surface area is 303 Å². The fourth-order valence-corrected chi connectivity index (χ4v) is 13.2. The van der Waals surface area contributed by atoms with Crippen LogP contribution >= 0.6 is 11.8 Å². The van der Waals surface area contributed by atoms with Gasteiger partial charge in [0.1, 0.15) is 0 Å². The van der Waals surface area contributed by atoms with E-state index in [4.69, 9.17) is 0 Å². The summed E-state index contributed by atoms with van der Waals surface area (Å²) >= 11 is 2.04. The van der Waals surface area contributed by atoms with Crippen molar-refractivity contribution >= 4 is 28.8 Å². The van der Waals surface area contributed by atoms with Gasteiger partial charge < -0.3 is 4.90 Å². The lowest BCUT2D eigenvalue weighted by Crippen LogP contribution is -2.57. The van der Waals surface area contributed by atoms with Crippen LogP contribution in [0.4, 0.5) is 17.1 Å². The first kappa shape index (κ1) is 31.0. The number of rotatable bonds is 4. The normalized spacial score (nSPS) is 27.8. The summed E-state index contributed by atoms with van der Waals surface area (Å²) in [6.07, 6.45) is 9.40. The van der Waals surface area contributed by atoms with Crippen molar-refractivity contribution in [3.05, 3.63) is 138 Å². The van der Waals surface area contributed by atoms with E-state index in [-0.39, 0.29) is 16.2 Å². The van der Waals surface area contributed by atoms with Gasteiger partial charge >= 0.3 is 0 Å². The monoisotopic (exact) mass is 671 g/mol. The first-order valence-electron chi connectivity index (χ1n) is 19.2. The van der Waals surface area contributed by atoms with Gasteiger partial charge in [0.05, 0.1) is 5.69 Å². The molecule has 0 radical (unpaired) electrons. The van der Waals surface area contributed by atoms with Crippen molar-refractivity contribution in [1.29, 1.82) is 0 Å².